The van der Waals surface area contributed by atoms with Gasteiger partial charge in [-0.1, -0.05) is 97.1 Å². The first-order valence-corrected chi connectivity index (χ1v) is 22.7. The van der Waals surface area contributed by atoms with Crippen molar-refractivity contribution in [1.29, 1.82) is 0 Å². The van der Waals surface area contributed by atoms with E-state index in [1.54, 1.807) is 4.90 Å². The van der Waals surface area contributed by atoms with Crippen LogP contribution in [0.25, 0.3) is 0 Å². The van der Waals surface area contributed by atoms with Crippen LogP contribution in [0.1, 0.15) is 74.1 Å². The molecule has 1 atom stereocenters. The Morgan fingerprint density at radius 3 is 1.29 bits per heavy atom. The molecule has 9 N–H and O–H groups in total. The van der Waals surface area contributed by atoms with E-state index in [1.807, 2.05) is 97.9 Å². The maximum absolute atomic E-state index is 14.5. The molecule has 354 valence electrons. The average Bonchev–Trinajstić information content (AvgIpc) is 3.31. The number of nitrogens with one attached hydrogen (secondary N) is 1. The number of amides is 6. The van der Waals surface area contributed by atoms with E-state index in [9.17, 15) is 28.8 Å². The van der Waals surface area contributed by atoms with Gasteiger partial charge in [0, 0.05) is 44.7 Å². The number of primary amides is 1. The van der Waals surface area contributed by atoms with Gasteiger partial charge in [-0.25, -0.2) is 0 Å². The standard InChI is InChI=1S/C49H72N10O6/c1-3-28-55(35-48(64)57(30-17-14-26-51)37-47(63)56(34-44(53)60)29-16-13-25-50)46(62)36-58(31-18-15-27-52)49(65)38-59(45(61)32-54-39(2)40-19-7-4-8-20-40)33-43(41-21-9-5-10-22-41)42-23-11-6-12-24-42/h3-12,19-24,39,43,54H,1,13-18,25-38,50-52H2,2H3,(H2,53,60)/t39-/m1/s1. The maximum atomic E-state index is 14.5. The van der Waals surface area contributed by atoms with Gasteiger partial charge in [0.05, 0.1) is 32.7 Å². The number of nitrogens with zero attached hydrogens (tertiary/aromatic N) is 5. The zero-order chi connectivity index (χ0) is 47.4. The van der Waals surface area contributed by atoms with E-state index in [0.717, 1.165) is 16.7 Å². The minimum atomic E-state index is -0.686. The Labute approximate surface area is 385 Å². The van der Waals surface area contributed by atoms with Gasteiger partial charge < -0.3 is 52.8 Å². The Hall–Kier alpha value is -5.94. The highest BCUT2D eigenvalue weighted by Crippen LogP contribution is 2.26. The number of nitrogens with two attached hydrogens (primary N) is 4. The summed E-state index contributed by atoms with van der Waals surface area (Å²) in [5.41, 5.74) is 25.6. The predicted molar refractivity (Wildman–Crippen MR) is 255 cm³/mol. The molecule has 0 spiro atoms. The number of rotatable bonds is 32. The lowest BCUT2D eigenvalue weighted by Gasteiger charge is -2.32. The fourth-order valence-electron chi connectivity index (χ4n) is 7.33. The van der Waals surface area contributed by atoms with E-state index < -0.39 is 36.1 Å². The van der Waals surface area contributed by atoms with Crippen molar-refractivity contribution in [2.24, 2.45) is 22.9 Å². The quantitative estimate of drug-likeness (QED) is 0.0453. The molecule has 0 aliphatic carbocycles. The topological polar surface area (TPSA) is 235 Å². The van der Waals surface area contributed by atoms with Gasteiger partial charge in [-0.3, -0.25) is 28.8 Å². The van der Waals surface area contributed by atoms with Gasteiger partial charge in [-0.15, -0.1) is 6.58 Å². The van der Waals surface area contributed by atoms with Crippen LogP contribution in [0.4, 0.5) is 0 Å². The number of unbranched alkanes of at least 4 members (excludes halogenated alkanes) is 3. The molecule has 0 bridgehead atoms. The SMILES string of the molecule is C=CCN(CC(=O)N(CCCCN)CC(=O)N(CCCCN)CC(N)=O)C(=O)CN(CCCCN)C(=O)CN(CC(c1ccccc1)c1ccccc1)C(=O)CN[C@H](C)c1ccccc1. The lowest BCUT2D eigenvalue weighted by molar-refractivity contribution is -0.147. The van der Waals surface area contributed by atoms with Gasteiger partial charge in [-0.2, -0.15) is 0 Å². The van der Waals surface area contributed by atoms with Crippen molar-refractivity contribution in [2.45, 2.75) is 57.4 Å². The molecule has 65 heavy (non-hydrogen) atoms. The minimum Gasteiger partial charge on any atom is -0.368 e. The van der Waals surface area contributed by atoms with Crippen molar-refractivity contribution < 1.29 is 28.8 Å². The van der Waals surface area contributed by atoms with E-state index in [2.05, 4.69) is 11.9 Å². The average molecular weight is 897 g/mol. The summed E-state index contributed by atoms with van der Waals surface area (Å²) in [4.78, 5) is 89.4. The van der Waals surface area contributed by atoms with Crippen LogP contribution in [0, 0.1) is 0 Å². The van der Waals surface area contributed by atoms with Crippen molar-refractivity contribution in [3.05, 3.63) is 120 Å². The van der Waals surface area contributed by atoms with Gasteiger partial charge in [-0.05, 0) is 81.8 Å². The highest BCUT2D eigenvalue weighted by Gasteiger charge is 2.30. The third kappa shape index (κ3) is 19.4. The van der Waals surface area contributed by atoms with E-state index in [1.165, 1.54) is 25.7 Å². The second-order valence-corrected chi connectivity index (χ2v) is 16.1. The maximum Gasteiger partial charge on any atom is 0.242 e. The summed E-state index contributed by atoms with van der Waals surface area (Å²) in [5.74, 6) is -3.18. The lowest BCUT2D eigenvalue weighted by atomic mass is 9.90. The highest BCUT2D eigenvalue weighted by atomic mass is 16.2. The van der Waals surface area contributed by atoms with Crippen LogP contribution in [0.15, 0.2) is 104 Å². The largest absolute Gasteiger partial charge is 0.368 e. The van der Waals surface area contributed by atoms with Crippen LogP contribution in [-0.2, 0) is 28.8 Å². The van der Waals surface area contributed by atoms with Crippen LogP contribution in [0.3, 0.4) is 0 Å². The summed E-state index contributed by atoms with van der Waals surface area (Å²) in [6, 6.07) is 29.2. The Morgan fingerprint density at radius 2 is 0.892 bits per heavy atom. The van der Waals surface area contributed by atoms with Crippen molar-refractivity contribution in [3.63, 3.8) is 0 Å². The Bertz CT molecular complexity index is 1870. The van der Waals surface area contributed by atoms with Crippen molar-refractivity contribution in [3.8, 4) is 0 Å². The number of benzene rings is 3. The Balaban J connectivity index is 1.90. The first kappa shape index (κ1) is 53.4. The number of hydrogen-bond acceptors (Lipinski definition) is 10. The minimum absolute atomic E-state index is 0.0153. The second-order valence-electron chi connectivity index (χ2n) is 16.1. The summed E-state index contributed by atoms with van der Waals surface area (Å²) in [6.07, 6.45) is 4.85. The van der Waals surface area contributed by atoms with Crippen molar-refractivity contribution in [1.82, 2.24) is 29.8 Å². The molecule has 0 radical (unpaired) electrons. The Morgan fingerprint density at radius 1 is 0.523 bits per heavy atom. The summed E-state index contributed by atoms with van der Waals surface area (Å²) >= 11 is 0. The molecule has 0 unspecified atom stereocenters. The highest BCUT2D eigenvalue weighted by molar-refractivity contribution is 5.92. The van der Waals surface area contributed by atoms with Crippen LogP contribution in [0.5, 0.6) is 0 Å². The lowest BCUT2D eigenvalue weighted by Crippen LogP contribution is -2.52. The molecule has 3 aromatic carbocycles. The van der Waals surface area contributed by atoms with Gasteiger partial charge in [0.1, 0.15) is 6.54 Å². The molecule has 0 aliphatic heterocycles. The second kappa shape index (κ2) is 30.2. The van der Waals surface area contributed by atoms with Crippen molar-refractivity contribution >= 4 is 35.4 Å². The smallest absolute Gasteiger partial charge is 0.242 e. The van der Waals surface area contributed by atoms with Crippen LogP contribution < -0.4 is 28.3 Å². The van der Waals surface area contributed by atoms with Crippen LogP contribution in [0.2, 0.25) is 0 Å². The predicted octanol–water partition coefficient (Wildman–Crippen LogP) is 2.20. The van der Waals surface area contributed by atoms with E-state index in [-0.39, 0.29) is 83.3 Å². The Kier molecular flexibility index (Phi) is 24.8. The van der Waals surface area contributed by atoms with Gasteiger partial charge in [0.25, 0.3) is 0 Å². The van der Waals surface area contributed by atoms with E-state index in [0.29, 0.717) is 58.2 Å². The molecule has 0 aromatic heterocycles. The van der Waals surface area contributed by atoms with E-state index >= 15 is 0 Å². The molecule has 0 saturated carbocycles. The molecule has 0 heterocycles. The monoisotopic (exact) mass is 897 g/mol. The third-order valence-electron chi connectivity index (χ3n) is 11.1. The van der Waals surface area contributed by atoms with E-state index in [4.69, 9.17) is 22.9 Å². The van der Waals surface area contributed by atoms with Gasteiger partial charge in [0.2, 0.25) is 35.4 Å². The molecule has 3 aromatic rings. The summed E-state index contributed by atoms with van der Waals surface area (Å²) in [6.45, 7) is 5.94. The molecule has 16 heteroatoms. The summed E-state index contributed by atoms with van der Waals surface area (Å²) < 4.78 is 0. The first-order valence-electron chi connectivity index (χ1n) is 22.7. The van der Waals surface area contributed by atoms with Gasteiger partial charge >= 0.3 is 0 Å². The summed E-state index contributed by atoms with van der Waals surface area (Å²) in [7, 11) is 0. The molecule has 0 saturated heterocycles. The van der Waals surface area contributed by atoms with Crippen LogP contribution in [-0.4, -0.2) is 152 Å². The normalized spacial score (nSPS) is 11.4. The molecule has 6 amide bonds. The van der Waals surface area contributed by atoms with Gasteiger partial charge in [0.15, 0.2) is 0 Å². The fourth-order valence-corrected chi connectivity index (χ4v) is 7.33. The number of carbonyl (C=O) groups is 6. The number of hydrogen-bond donors (Lipinski definition) is 5. The molecule has 3 rings (SSSR count). The molecular weight excluding hydrogens is 825 g/mol. The number of carbonyl (C=O) groups excluding carboxylic acids is 6. The third-order valence-corrected chi connectivity index (χ3v) is 11.1. The fraction of sp³-hybridized carbons (Fsp3) is 0.469. The van der Waals surface area contributed by atoms with Crippen LogP contribution >= 0.6 is 0 Å². The molecule has 0 aliphatic rings. The molecule has 16 nitrogen and oxygen atoms in total. The summed E-state index contributed by atoms with van der Waals surface area (Å²) in [5, 5.41) is 3.33. The zero-order valence-electron chi connectivity index (χ0n) is 38.2. The molecule has 0 fully saturated rings. The van der Waals surface area contributed by atoms with Crippen molar-refractivity contribution in [2.75, 3.05) is 91.6 Å². The zero-order valence-corrected chi connectivity index (χ0v) is 38.2. The molecular formula is C49H72N10O6. The first-order chi connectivity index (χ1) is 31.4.